The summed E-state index contributed by atoms with van der Waals surface area (Å²) in [5, 5.41) is 125. The molecule has 2 bridgehead atoms. The molecule has 3 heterocycles. The monoisotopic (exact) mass is 1470 g/mol. The number of esters is 3. The maximum atomic E-state index is 13.6. The van der Waals surface area contributed by atoms with Gasteiger partial charge in [-0.1, -0.05) is 215 Å². The van der Waals surface area contributed by atoms with Crippen LogP contribution in [-0.2, 0) is 56.7 Å². The summed E-state index contributed by atoms with van der Waals surface area (Å²) in [7, 11) is -4.53. The number of fused-ring (bicyclic) bond motifs is 2. The van der Waals surface area contributed by atoms with Crippen LogP contribution in [0.25, 0.3) is 0 Å². The van der Waals surface area contributed by atoms with Gasteiger partial charge in [0.1, 0.15) is 24.7 Å². The molecule has 2 fully saturated rings. The first kappa shape index (κ1) is 91.9. The minimum Gasteiger partial charge on any atom is -0.481 e. The fourth-order valence-corrected chi connectivity index (χ4v) is 13.5. The Bertz CT molecular complexity index is 2600. The van der Waals surface area contributed by atoms with Crippen LogP contribution in [0.15, 0.2) is 85.1 Å². The second-order valence-corrected chi connectivity index (χ2v) is 30.1. The second kappa shape index (κ2) is 51.8. The zero-order valence-electron chi connectivity index (χ0n) is 61.4. The molecule has 0 radical (unpaired) electrons. The quantitative estimate of drug-likeness (QED) is 0.0126. The third-order valence-corrected chi connectivity index (χ3v) is 20.2. The summed E-state index contributed by atoms with van der Waals surface area (Å²) in [5.74, 6) is -8.29. The minimum absolute atomic E-state index is 0.0939. The number of ether oxygens (including phenoxy) is 6. The number of aliphatic carboxylic acids is 1. The van der Waals surface area contributed by atoms with Crippen molar-refractivity contribution < 1.29 is 118 Å². The van der Waals surface area contributed by atoms with Gasteiger partial charge in [-0.3, -0.25) is 23.7 Å². The van der Waals surface area contributed by atoms with Gasteiger partial charge in [-0.15, -0.1) is 0 Å². The van der Waals surface area contributed by atoms with Gasteiger partial charge in [0.05, 0.1) is 92.4 Å². The number of rotatable bonds is 33. The molecule has 3 aliphatic rings. The number of unbranched alkanes of at least 4 members (excludes halogenated alkanes) is 16. The molecule has 102 heavy (non-hydrogen) atoms. The molecular formula is C76H128NO24P. The number of aliphatic hydroxyl groups is 10. The van der Waals surface area contributed by atoms with Gasteiger partial charge in [0.25, 0.3) is 0 Å². The van der Waals surface area contributed by atoms with Crippen molar-refractivity contribution in [3.8, 4) is 0 Å². The third-order valence-electron chi connectivity index (χ3n) is 18.9. The van der Waals surface area contributed by atoms with E-state index in [1.807, 2.05) is 6.92 Å². The second-order valence-electron chi connectivity index (χ2n) is 28.1. The van der Waals surface area contributed by atoms with Crippen molar-refractivity contribution in [2.45, 2.75) is 325 Å². The molecule has 0 aromatic rings. The van der Waals surface area contributed by atoms with E-state index in [0.717, 1.165) is 51.4 Å². The molecule has 26 heteroatoms. The number of carbonyl (C=O) groups is 4. The molecule has 0 spiro atoms. The molecule has 21 atom stereocenters. The smallest absolute Gasteiger partial charge is 0.329 e. The molecule has 3 rings (SSSR count). The molecule has 0 aromatic carbocycles. The maximum Gasteiger partial charge on any atom is 0.329 e. The molecule has 13 N–H and O–H groups in total. The summed E-state index contributed by atoms with van der Waals surface area (Å²) < 4.78 is 54.2. The Kier molecular flexibility index (Phi) is 46.7. The number of hydrogen-bond donors (Lipinski definition) is 13. The molecule has 0 aromatic heterocycles. The van der Waals surface area contributed by atoms with Crippen molar-refractivity contribution in [2.24, 2.45) is 17.8 Å². The molecule has 3 aliphatic heterocycles. The van der Waals surface area contributed by atoms with Crippen molar-refractivity contribution in [2.75, 3.05) is 25.9 Å². The zero-order valence-corrected chi connectivity index (χ0v) is 62.3. The molecular weight excluding hydrogens is 1340 g/mol. The fourth-order valence-electron chi connectivity index (χ4n) is 12.6. The van der Waals surface area contributed by atoms with E-state index in [4.69, 9.17) is 32.9 Å². The summed E-state index contributed by atoms with van der Waals surface area (Å²) in [5.41, 5.74) is 0. The van der Waals surface area contributed by atoms with Gasteiger partial charge < -0.3 is 99.3 Å². The number of aliphatic hydroxyl groups excluding tert-OH is 9. The summed E-state index contributed by atoms with van der Waals surface area (Å²) in [6, 6.07) is -1.29. The van der Waals surface area contributed by atoms with Crippen LogP contribution in [0.4, 0.5) is 0 Å². The number of allylic oxidation sites excluding steroid dienone is 12. The Morgan fingerprint density at radius 3 is 1.69 bits per heavy atom. The maximum absolute atomic E-state index is 13.6. The average Bonchev–Trinajstić information content (AvgIpc) is 0.788. The highest BCUT2D eigenvalue weighted by molar-refractivity contribution is 7.52. The Labute approximate surface area is 605 Å². The molecule has 0 saturated carbocycles. The van der Waals surface area contributed by atoms with Gasteiger partial charge >= 0.3 is 31.5 Å². The highest BCUT2D eigenvalue weighted by Crippen LogP contribution is 2.42. The highest BCUT2D eigenvalue weighted by Gasteiger charge is 2.51. The molecule has 2 saturated heterocycles. The van der Waals surface area contributed by atoms with E-state index in [9.17, 15) is 84.8 Å². The third kappa shape index (κ3) is 38.8. The lowest BCUT2D eigenvalue weighted by atomic mass is 9.82. The predicted molar refractivity (Wildman–Crippen MR) is 386 cm³/mol. The number of carboxylic acid groups (broad SMARTS) is 1. The normalized spacial score (nSPS) is 34.1. The van der Waals surface area contributed by atoms with Crippen molar-refractivity contribution >= 4 is 31.5 Å². The van der Waals surface area contributed by atoms with Crippen molar-refractivity contribution in [3.05, 3.63) is 85.1 Å². The summed E-state index contributed by atoms with van der Waals surface area (Å²) in [6.45, 7) is 9.69. The first-order chi connectivity index (χ1) is 48.6. The van der Waals surface area contributed by atoms with Gasteiger partial charge in [-0.05, 0) is 46.0 Å². The van der Waals surface area contributed by atoms with E-state index in [1.165, 1.54) is 70.4 Å². The van der Waals surface area contributed by atoms with Crippen LogP contribution in [0.1, 0.15) is 221 Å². The van der Waals surface area contributed by atoms with E-state index < -0.39 is 198 Å². The fraction of sp³-hybridized carbons (Fsp3) is 0.763. The minimum atomic E-state index is -4.53. The Morgan fingerprint density at radius 1 is 0.598 bits per heavy atom. The van der Waals surface area contributed by atoms with Gasteiger partial charge in [-0.2, -0.15) is 0 Å². The summed E-state index contributed by atoms with van der Waals surface area (Å²) in [4.78, 5) is 62.7. The van der Waals surface area contributed by atoms with Crippen LogP contribution >= 0.6 is 7.60 Å². The van der Waals surface area contributed by atoms with E-state index in [-0.39, 0.29) is 44.6 Å². The first-order valence-corrected chi connectivity index (χ1v) is 39.3. The van der Waals surface area contributed by atoms with E-state index in [0.29, 0.717) is 12.8 Å². The number of carbonyl (C=O) groups excluding carboxylic acids is 3. The predicted octanol–water partition coefficient (Wildman–Crippen LogP) is 8.84. The van der Waals surface area contributed by atoms with Gasteiger partial charge in [0.2, 0.25) is 0 Å². The van der Waals surface area contributed by atoms with Gasteiger partial charge in [0.15, 0.2) is 18.2 Å². The Hall–Kier alpha value is -4.35. The van der Waals surface area contributed by atoms with Crippen molar-refractivity contribution in [1.82, 2.24) is 5.32 Å². The Balaban J connectivity index is 1.83. The number of cyclic esters (lactones) is 1. The zero-order chi connectivity index (χ0) is 75.5. The van der Waals surface area contributed by atoms with Gasteiger partial charge in [0, 0.05) is 56.9 Å². The molecule has 0 aliphatic carbocycles. The van der Waals surface area contributed by atoms with E-state index >= 15 is 0 Å². The van der Waals surface area contributed by atoms with Crippen LogP contribution in [0.5, 0.6) is 0 Å². The SMILES string of the molecule is CCCCCCCCCCCC(=O)OC[C@H](COP(=O)(O)CCN[C@@H]1[C@H](O)[C@H](O[C@H]2/C=C/C=C/C=C/C=C/C=C/C=C/C=C/[C@H](C)[C@@H](O)[C@@H](C)[C@H](C)OC(=O)C[C@H](O)C[C@H](O)CC[C@@H](O)[C@H](O)C[C@H](O)C[C@]3(O)C[C@H](O)[C@@H](C(=O)O)[C@H](C2)O3)O[C@H](C)[C@H]1O)OC(=O)CCCCCCCCCCC. The lowest BCUT2D eigenvalue weighted by Gasteiger charge is -2.45. The Morgan fingerprint density at radius 2 is 1.13 bits per heavy atom. The lowest BCUT2D eigenvalue weighted by Crippen LogP contribution is -2.63. The van der Waals surface area contributed by atoms with Crippen LogP contribution in [-0.4, -0.2) is 214 Å². The van der Waals surface area contributed by atoms with Crippen molar-refractivity contribution in [3.63, 3.8) is 0 Å². The van der Waals surface area contributed by atoms with Crippen LogP contribution in [0.3, 0.4) is 0 Å². The number of hydrogen-bond acceptors (Lipinski definition) is 23. The summed E-state index contributed by atoms with van der Waals surface area (Å²) in [6.07, 6.45) is 18.2. The van der Waals surface area contributed by atoms with Crippen LogP contribution in [0.2, 0.25) is 0 Å². The van der Waals surface area contributed by atoms with E-state index in [2.05, 4.69) is 19.2 Å². The highest BCUT2D eigenvalue weighted by atomic mass is 31.2. The largest absolute Gasteiger partial charge is 0.481 e. The molecule has 25 nitrogen and oxygen atoms in total. The number of nitrogens with one attached hydrogen (secondary N) is 1. The van der Waals surface area contributed by atoms with Crippen LogP contribution in [0, 0.1) is 17.8 Å². The molecule has 586 valence electrons. The first-order valence-electron chi connectivity index (χ1n) is 37.6. The lowest BCUT2D eigenvalue weighted by molar-refractivity contribution is -0.309. The number of carboxylic acids is 1. The summed E-state index contributed by atoms with van der Waals surface area (Å²) >= 11 is 0. The van der Waals surface area contributed by atoms with E-state index in [1.54, 1.807) is 86.8 Å². The van der Waals surface area contributed by atoms with Crippen LogP contribution < -0.4 is 5.32 Å². The standard InChI is InChI=1S/C76H128NO24P/c1-7-9-11-13-15-21-27-31-35-39-66(84)95-51-61(99-67(85)40-36-32-28-22-16-14-12-10-8-2)52-96-102(93,94)44-43-77-70-72(88)56(6)98-75(73(70)89)100-60-38-34-30-26-24-20-18-17-19-23-25-29-33-37-53(3)71(87)54(4)55(5)97-68(86)47-58(79)45-57(78)41-42-62(81)63(82)46-59(80)49-76(92)50-64(83)69(74(90)91)65(48-60)101-76/h17-20,23-26,29-30,33-34,37-38,53-65,69-73,75,77-83,87-89,92H,7-16,21-22,27-28,31-32,35-36,39-52H2,1-6H3,(H,90,91)(H,93,94)/b18-17+,23-19+,24-20+,29-25+,30-26+,37-33+,38-34+/t53-,54-,55-,56+,57+,58+,59-,60-,61+,62+,63+,64-,65-,69+,70-,71+,72+,73-,75-,76+/m0/s1. The van der Waals surface area contributed by atoms with Crippen molar-refractivity contribution in [1.29, 1.82) is 0 Å². The molecule has 1 unspecified atom stereocenters. The topological polar surface area (TPSA) is 405 Å². The average molecular weight is 1470 g/mol. The van der Waals surface area contributed by atoms with Gasteiger partial charge in [-0.25, -0.2) is 0 Å². The molecule has 0 amide bonds.